The van der Waals surface area contributed by atoms with Crippen molar-refractivity contribution in [1.29, 1.82) is 0 Å². The summed E-state index contributed by atoms with van der Waals surface area (Å²) in [6.07, 6.45) is 1.72. The van der Waals surface area contributed by atoms with Gasteiger partial charge >= 0.3 is 6.09 Å². The van der Waals surface area contributed by atoms with Gasteiger partial charge in [0.1, 0.15) is 0 Å². The van der Waals surface area contributed by atoms with Crippen molar-refractivity contribution in [2.75, 3.05) is 13.1 Å². The molecule has 80 valence electrons. The SMILES string of the molecule is C[Si](C)(C)OC1=CCN(C(=O)O)CC1. The quantitative estimate of drug-likeness (QED) is 0.718. The molecule has 5 heteroatoms. The van der Waals surface area contributed by atoms with E-state index >= 15 is 0 Å². The molecule has 1 heterocycles. The van der Waals surface area contributed by atoms with Gasteiger partial charge in [0.05, 0.1) is 5.76 Å². The summed E-state index contributed by atoms with van der Waals surface area (Å²) in [6, 6.07) is 0. The summed E-state index contributed by atoms with van der Waals surface area (Å²) >= 11 is 0. The number of amides is 1. The number of carboxylic acid groups (broad SMARTS) is 1. The third-order valence-electron chi connectivity index (χ3n) is 1.88. The van der Waals surface area contributed by atoms with Crippen LogP contribution in [0.4, 0.5) is 4.79 Å². The molecule has 0 spiro atoms. The lowest BCUT2D eigenvalue weighted by Crippen LogP contribution is -2.35. The molecular formula is C9H17NO3Si. The third-order valence-corrected chi connectivity index (χ3v) is 2.75. The van der Waals surface area contributed by atoms with E-state index in [-0.39, 0.29) is 0 Å². The molecule has 0 fully saturated rings. The lowest BCUT2D eigenvalue weighted by molar-refractivity contribution is 0.146. The first-order chi connectivity index (χ1) is 6.38. The number of hydrogen-bond acceptors (Lipinski definition) is 2. The maximum atomic E-state index is 10.6. The molecular weight excluding hydrogens is 198 g/mol. The van der Waals surface area contributed by atoms with Crippen molar-refractivity contribution in [3.63, 3.8) is 0 Å². The van der Waals surface area contributed by atoms with Gasteiger partial charge in [-0.05, 0) is 25.7 Å². The number of nitrogens with zero attached hydrogens (tertiary/aromatic N) is 1. The molecule has 1 aliphatic rings. The zero-order valence-corrected chi connectivity index (χ0v) is 9.91. The molecule has 4 nitrogen and oxygen atoms in total. The normalized spacial score (nSPS) is 17.6. The van der Waals surface area contributed by atoms with Crippen LogP contribution in [0.1, 0.15) is 6.42 Å². The Labute approximate surface area is 85.3 Å². The predicted octanol–water partition coefficient (Wildman–Crippen LogP) is 2.11. The molecule has 0 radical (unpaired) electrons. The minimum Gasteiger partial charge on any atom is -0.547 e. The van der Waals surface area contributed by atoms with Gasteiger partial charge in [-0.3, -0.25) is 0 Å². The van der Waals surface area contributed by atoms with Crippen LogP contribution in [0.2, 0.25) is 19.6 Å². The highest BCUT2D eigenvalue weighted by Gasteiger charge is 2.21. The number of rotatable bonds is 2. The van der Waals surface area contributed by atoms with Gasteiger partial charge in [-0.2, -0.15) is 0 Å². The van der Waals surface area contributed by atoms with Crippen LogP contribution in [0.15, 0.2) is 11.8 Å². The van der Waals surface area contributed by atoms with Crippen LogP contribution in [-0.2, 0) is 4.43 Å². The van der Waals surface area contributed by atoms with Crippen LogP contribution in [0.5, 0.6) is 0 Å². The van der Waals surface area contributed by atoms with Crippen molar-refractivity contribution >= 4 is 14.4 Å². The van der Waals surface area contributed by atoms with E-state index < -0.39 is 14.4 Å². The summed E-state index contributed by atoms with van der Waals surface area (Å²) in [6.45, 7) is 7.37. The Morgan fingerprint density at radius 3 is 2.57 bits per heavy atom. The Morgan fingerprint density at radius 2 is 2.21 bits per heavy atom. The van der Waals surface area contributed by atoms with E-state index in [1.807, 2.05) is 6.08 Å². The maximum Gasteiger partial charge on any atom is 0.407 e. The average molecular weight is 215 g/mol. The van der Waals surface area contributed by atoms with Gasteiger partial charge in [0, 0.05) is 19.5 Å². The molecule has 0 unspecified atom stereocenters. The van der Waals surface area contributed by atoms with E-state index in [0.29, 0.717) is 19.5 Å². The summed E-state index contributed by atoms with van der Waals surface area (Å²) in [5.74, 6) is 0.960. The van der Waals surface area contributed by atoms with Gasteiger partial charge in [-0.15, -0.1) is 0 Å². The average Bonchev–Trinajstić information content (AvgIpc) is 2.02. The maximum absolute atomic E-state index is 10.6. The minimum absolute atomic E-state index is 0.454. The summed E-state index contributed by atoms with van der Waals surface area (Å²) in [4.78, 5) is 12.0. The third kappa shape index (κ3) is 3.41. The summed E-state index contributed by atoms with van der Waals surface area (Å²) < 4.78 is 5.79. The van der Waals surface area contributed by atoms with Crippen LogP contribution in [0, 0.1) is 0 Å². The molecule has 1 rings (SSSR count). The topological polar surface area (TPSA) is 49.8 Å². The highest BCUT2D eigenvalue weighted by molar-refractivity contribution is 6.70. The Bertz CT molecular complexity index is 257. The fourth-order valence-corrected chi connectivity index (χ4v) is 2.28. The van der Waals surface area contributed by atoms with E-state index in [4.69, 9.17) is 9.53 Å². The molecule has 1 N–H and O–H groups in total. The first kappa shape index (κ1) is 11.1. The van der Waals surface area contributed by atoms with Gasteiger partial charge in [0.15, 0.2) is 0 Å². The second-order valence-electron chi connectivity index (χ2n) is 4.36. The molecule has 0 saturated carbocycles. The van der Waals surface area contributed by atoms with E-state index in [9.17, 15) is 4.79 Å². The van der Waals surface area contributed by atoms with Crippen molar-refractivity contribution in [3.05, 3.63) is 11.8 Å². The first-order valence-corrected chi connectivity index (χ1v) is 8.15. The molecule has 0 aromatic heterocycles. The van der Waals surface area contributed by atoms with Crippen molar-refractivity contribution in [1.82, 2.24) is 4.90 Å². The predicted molar refractivity (Wildman–Crippen MR) is 56.7 cm³/mol. The van der Waals surface area contributed by atoms with Crippen molar-refractivity contribution in [2.45, 2.75) is 26.1 Å². The lowest BCUT2D eigenvalue weighted by atomic mass is 10.2. The van der Waals surface area contributed by atoms with Crippen LogP contribution in [0.25, 0.3) is 0 Å². The molecule has 0 atom stereocenters. The fraction of sp³-hybridized carbons (Fsp3) is 0.667. The molecule has 1 aliphatic heterocycles. The van der Waals surface area contributed by atoms with Crippen LogP contribution >= 0.6 is 0 Å². The van der Waals surface area contributed by atoms with Crippen LogP contribution in [0.3, 0.4) is 0 Å². The Kier molecular flexibility index (Phi) is 3.20. The van der Waals surface area contributed by atoms with E-state index in [0.717, 1.165) is 5.76 Å². The first-order valence-electron chi connectivity index (χ1n) is 4.74. The number of carbonyl (C=O) groups is 1. The monoisotopic (exact) mass is 215 g/mol. The van der Waals surface area contributed by atoms with Gasteiger partial charge < -0.3 is 14.4 Å². The van der Waals surface area contributed by atoms with Crippen molar-refractivity contribution < 1.29 is 14.3 Å². The summed E-state index contributed by atoms with van der Waals surface area (Å²) in [5.41, 5.74) is 0. The molecule has 0 aromatic rings. The molecule has 14 heavy (non-hydrogen) atoms. The molecule has 0 bridgehead atoms. The van der Waals surface area contributed by atoms with Gasteiger partial charge in [-0.25, -0.2) is 4.79 Å². The highest BCUT2D eigenvalue weighted by atomic mass is 28.4. The van der Waals surface area contributed by atoms with Crippen LogP contribution in [-0.4, -0.2) is 37.5 Å². The Balaban J connectivity index is 2.49. The second-order valence-corrected chi connectivity index (χ2v) is 8.79. The second kappa shape index (κ2) is 4.04. The zero-order valence-electron chi connectivity index (χ0n) is 8.91. The summed E-state index contributed by atoms with van der Waals surface area (Å²) in [7, 11) is -1.53. The lowest BCUT2D eigenvalue weighted by Gasteiger charge is -2.28. The molecule has 1 amide bonds. The van der Waals surface area contributed by atoms with Crippen LogP contribution < -0.4 is 0 Å². The molecule has 0 aromatic carbocycles. The highest BCUT2D eigenvalue weighted by Crippen LogP contribution is 2.17. The minimum atomic E-state index is -1.53. The van der Waals surface area contributed by atoms with E-state index in [1.165, 1.54) is 4.90 Å². The van der Waals surface area contributed by atoms with Gasteiger partial charge in [-0.1, -0.05) is 0 Å². The smallest absolute Gasteiger partial charge is 0.407 e. The molecule has 0 saturated heterocycles. The van der Waals surface area contributed by atoms with E-state index in [2.05, 4.69) is 19.6 Å². The van der Waals surface area contributed by atoms with Gasteiger partial charge in [0.25, 0.3) is 0 Å². The van der Waals surface area contributed by atoms with Gasteiger partial charge in [0.2, 0.25) is 8.32 Å². The Hall–Kier alpha value is -0.973. The van der Waals surface area contributed by atoms with E-state index in [1.54, 1.807) is 0 Å². The van der Waals surface area contributed by atoms with Crippen molar-refractivity contribution in [3.8, 4) is 0 Å². The number of hydrogen-bond donors (Lipinski definition) is 1. The van der Waals surface area contributed by atoms with Crippen molar-refractivity contribution in [2.24, 2.45) is 0 Å². The standard InChI is InChI=1S/C9H17NO3Si/c1-14(2,3)13-8-4-6-10(7-5-8)9(11)12/h4H,5-7H2,1-3H3,(H,11,12). The zero-order chi connectivity index (χ0) is 10.8. The molecule has 0 aliphatic carbocycles. The fourth-order valence-electron chi connectivity index (χ4n) is 1.31. The largest absolute Gasteiger partial charge is 0.547 e. The summed E-state index contributed by atoms with van der Waals surface area (Å²) in [5, 5.41) is 8.72. The Morgan fingerprint density at radius 1 is 1.57 bits per heavy atom.